The number of hydrogen-bond donors (Lipinski definition) is 2. The molecule has 0 radical (unpaired) electrons. The minimum absolute atomic E-state index is 0.0220. The van der Waals surface area contributed by atoms with Crippen molar-refractivity contribution in [2.75, 3.05) is 58.8 Å². The SMILES string of the molecule is Cc1ccc(CNC(=O)C(=O)NCC(c2ccc(N(C)C)cc2)N2CCN(C)CC2)cc1. The lowest BCUT2D eigenvalue weighted by molar-refractivity contribution is -0.139. The van der Waals surface area contributed by atoms with Crippen molar-refractivity contribution in [2.24, 2.45) is 0 Å². The lowest BCUT2D eigenvalue weighted by atomic mass is 10.0. The van der Waals surface area contributed by atoms with Gasteiger partial charge in [0.1, 0.15) is 0 Å². The maximum Gasteiger partial charge on any atom is 0.309 e. The van der Waals surface area contributed by atoms with Crippen molar-refractivity contribution in [3.8, 4) is 0 Å². The summed E-state index contributed by atoms with van der Waals surface area (Å²) in [5.74, 6) is -1.20. The van der Waals surface area contributed by atoms with E-state index in [4.69, 9.17) is 0 Å². The van der Waals surface area contributed by atoms with E-state index in [0.29, 0.717) is 13.1 Å². The molecular formula is C25H35N5O2. The second kappa shape index (κ2) is 11.1. The Labute approximate surface area is 191 Å². The number of nitrogens with one attached hydrogen (secondary N) is 2. The van der Waals surface area contributed by atoms with Gasteiger partial charge in [-0.25, -0.2) is 0 Å². The molecule has 1 unspecified atom stereocenters. The Kier molecular flexibility index (Phi) is 8.25. The number of piperazine rings is 1. The highest BCUT2D eigenvalue weighted by Crippen LogP contribution is 2.24. The van der Waals surface area contributed by atoms with E-state index in [1.165, 1.54) is 0 Å². The third-order valence-corrected chi connectivity index (χ3v) is 6.01. The van der Waals surface area contributed by atoms with Crippen LogP contribution in [0.25, 0.3) is 0 Å². The van der Waals surface area contributed by atoms with Crippen LogP contribution in [-0.2, 0) is 16.1 Å². The first-order chi connectivity index (χ1) is 15.3. The molecule has 1 saturated heterocycles. The molecule has 1 heterocycles. The maximum atomic E-state index is 12.5. The maximum absolute atomic E-state index is 12.5. The van der Waals surface area contributed by atoms with Crippen molar-refractivity contribution < 1.29 is 9.59 Å². The minimum atomic E-state index is -0.606. The number of carbonyl (C=O) groups excluding carboxylic acids is 2. The van der Waals surface area contributed by atoms with Gasteiger partial charge in [0, 0.05) is 59.1 Å². The number of amides is 2. The monoisotopic (exact) mass is 437 g/mol. The Balaban J connectivity index is 1.61. The predicted molar refractivity (Wildman–Crippen MR) is 129 cm³/mol. The summed E-state index contributed by atoms with van der Waals surface area (Å²) < 4.78 is 0. The average molecular weight is 438 g/mol. The van der Waals surface area contributed by atoms with Gasteiger partial charge >= 0.3 is 11.8 Å². The first-order valence-corrected chi connectivity index (χ1v) is 11.1. The van der Waals surface area contributed by atoms with E-state index in [1.807, 2.05) is 45.3 Å². The zero-order valence-electron chi connectivity index (χ0n) is 19.6. The quantitative estimate of drug-likeness (QED) is 0.647. The Morgan fingerprint density at radius 2 is 1.50 bits per heavy atom. The summed E-state index contributed by atoms with van der Waals surface area (Å²) >= 11 is 0. The van der Waals surface area contributed by atoms with Crippen molar-refractivity contribution in [3.63, 3.8) is 0 Å². The van der Waals surface area contributed by atoms with Crippen molar-refractivity contribution in [2.45, 2.75) is 19.5 Å². The molecule has 7 heteroatoms. The second-order valence-corrected chi connectivity index (χ2v) is 8.72. The Morgan fingerprint density at radius 1 is 0.906 bits per heavy atom. The summed E-state index contributed by atoms with van der Waals surface area (Å²) in [5.41, 5.74) is 4.39. The Morgan fingerprint density at radius 3 is 2.09 bits per heavy atom. The topological polar surface area (TPSA) is 67.9 Å². The number of carbonyl (C=O) groups is 2. The van der Waals surface area contributed by atoms with Gasteiger partial charge in [-0.2, -0.15) is 0 Å². The summed E-state index contributed by atoms with van der Waals surface area (Å²) in [5, 5.41) is 5.57. The molecule has 0 aliphatic carbocycles. The lowest BCUT2D eigenvalue weighted by Gasteiger charge is -2.38. The van der Waals surface area contributed by atoms with E-state index in [0.717, 1.165) is 48.6 Å². The summed E-state index contributed by atoms with van der Waals surface area (Å²) in [6, 6.07) is 16.3. The molecule has 0 saturated carbocycles. The fraction of sp³-hybridized carbons (Fsp3) is 0.440. The molecule has 7 nitrogen and oxygen atoms in total. The molecule has 2 aromatic carbocycles. The fourth-order valence-electron chi connectivity index (χ4n) is 3.82. The number of rotatable bonds is 7. The van der Waals surface area contributed by atoms with Crippen molar-refractivity contribution in [1.82, 2.24) is 20.4 Å². The first-order valence-electron chi connectivity index (χ1n) is 11.1. The van der Waals surface area contributed by atoms with Gasteiger partial charge in [-0.15, -0.1) is 0 Å². The standard InChI is InChI=1S/C25H35N5O2/c1-19-5-7-20(8-6-19)17-26-24(31)25(32)27-18-23(30-15-13-29(4)14-16-30)21-9-11-22(12-10-21)28(2)3/h5-12,23H,13-18H2,1-4H3,(H,26,31)(H,27,32). The van der Waals surface area contributed by atoms with Gasteiger partial charge in [-0.1, -0.05) is 42.0 Å². The second-order valence-electron chi connectivity index (χ2n) is 8.72. The normalized spacial score (nSPS) is 15.8. The van der Waals surface area contributed by atoms with E-state index in [2.05, 4.69) is 56.6 Å². The van der Waals surface area contributed by atoms with E-state index >= 15 is 0 Å². The average Bonchev–Trinajstić information content (AvgIpc) is 2.80. The molecule has 1 aliphatic rings. The zero-order valence-corrected chi connectivity index (χ0v) is 19.6. The minimum Gasteiger partial charge on any atom is -0.378 e. The fourth-order valence-corrected chi connectivity index (χ4v) is 3.82. The van der Waals surface area contributed by atoms with E-state index < -0.39 is 11.8 Å². The molecule has 3 rings (SSSR count). The molecule has 0 bridgehead atoms. The van der Waals surface area contributed by atoms with Crippen LogP contribution in [0.2, 0.25) is 0 Å². The number of benzene rings is 2. The van der Waals surface area contributed by atoms with Gasteiger partial charge in [0.15, 0.2) is 0 Å². The molecular weight excluding hydrogens is 402 g/mol. The number of nitrogens with zero attached hydrogens (tertiary/aromatic N) is 3. The third kappa shape index (κ3) is 6.55. The lowest BCUT2D eigenvalue weighted by Crippen LogP contribution is -2.49. The third-order valence-electron chi connectivity index (χ3n) is 6.01. The highest BCUT2D eigenvalue weighted by Gasteiger charge is 2.25. The molecule has 2 N–H and O–H groups in total. The Hall–Kier alpha value is -2.90. The molecule has 0 aromatic heterocycles. The number of hydrogen-bond acceptors (Lipinski definition) is 5. The van der Waals surface area contributed by atoms with Gasteiger partial charge in [-0.3, -0.25) is 14.5 Å². The molecule has 2 amide bonds. The number of aryl methyl sites for hydroxylation is 1. The van der Waals surface area contributed by atoms with Crippen LogP contribution in [0.4, 0.5) is 5.69 Å². The molecule has 172 valence electrons. The van der Waals surface area contributed by atoms with E-state index in [1.54, 1.807) is 0 Å². The predicted octanol–water partition coefficient (Wildman–Crippen LogP) is 1.78. The van der Waals surface area contributed by atoms with Gasteiger partial charge in [0.25, 0.3) is 0 Å². The van der Waals surface area contributed by atoms with Crippen LogP contribution in [0.1, 0.15) is 22.7 Å². The molecule has 1 fully saturated rings. The molecule has 2 aromatic rings. The summed E-state index contributed by atoms with van der Waals surface area (Å²) in [6.45, 7) is 6.55. The van der Waals surface area contributed by atoms with Crippen molar-refractivity contribution in [3.05, 3.63) is 65.2 Å². The van der Waals surface area contributed by atoms with Crippen LogP contribution in [0, 0.1) is 6.92 Å². The van der Waals surface area contributed by atoms with Gasteiger partial charge in [-0.05, 0) is 37.2 Å². The highest BCUT2D eigenvalue weighted by molar-refractivity contribution is 6.35. The van der Waals surface area contributed by atoms with Crippen molar-refractivity contribution in [1.29, 1.82) is 0 Å². The highest BCUT2D eigenvalue weighted by atomic mass is 16.2. The molecule has 1 aliphatic heterocycles. The van der Waals surface area contributed by atoms with Crippen LogP contribution < -0.4 is 15.5 Å². The van der Waals surface area contributed by atoms with Crippen LogP contribution >= 0.6 is 0 Å². The summed E-state index contributed by atoms with van der Waals surface area (Å²) in [6.07, 6.45) is 0. The smallest absolute Gasteiger partial charge is 0.309 e. The van der Waals surface area contributed by atoms with E-state index in [9.17, 15) is 9.59 Å². The largest absolute Gasteiger partial charge is 0.378 e. The summed E-state index contributed by atoms with van der Waals surface area (Å²) in [7, 11) is 6.16. The van der Waals surface area contributed by atoms with Crippen LogP contribution in [0.5, 0.6) is 0 Å². The van der Waals surface area contributed by atoms with Crippen molar-refractivity contribution >= 4 is 17.5 Å². The molecule has 1 atom stereocenters. The van der Waals surface area contributed by atoms with E-state index in [-0.39, 0.29) is 6.04 Å². The van der Waals surface area contributed by atoms with Gasteiger partial charge in [0.2, 0.25) is 0 Å². The van der Waals surface area contributed by atoms with Crippen LogP contribution in [-0.4, -0.2) is 75.5 Å². The Bertz CT molecular complexity index is 888. The van der Waals surface area contributed by atoms with Crippen LogP contribution in [0.15, 0.2) is 48.5 Å². The van der Waals surface area contributed by atoms with Gasteiger partial charge in [0.05, 0.1) is 6.04 Å². The van der Waals surface area contributed by atoms with Gasteiger partial charge < -0.3 is 20.4 Å². The molecule has 0 spiro atoms. The summed E-state index contributed by atoms with van der Waals surface area (Å²) in [4.78, 5) is 31.6. The number of anilines is 1. The zero-order chi connectivity index (χ0) is 23.1. The molecule has 32 heavy (non-hydrogen) atoms. The van der Waals surface area contributed by atoms with Crippen LogP contribution in [0.3, 0.4) is 0 Å². The number of likely N-dealkylation sites (N-methyl/N-ethyl adjacent to an activating group) is 1. The first kappa shape index (κ1) is 23.8.